The summed E-state index contributed by atoms with van der Waals surface area (Å²) < 4.78 is 6.54. The zero-order chi connectivity index (χ0) is 17.3. The van der Waals surface area contributed by atoms with E-state index in [2.05, 4.69) is 10.1 Å². The second-order valence-corrected chi connectivity index (χ2v) is 4.99. The molecule has 0 unspecified atom stereocenters. The minimum atomic E-state index is -0.582. The molecule has 0 fully saturated rings. The van der Waals surface area contributed by atoms with Crippen LogP contribution in [0.1, 0.15) is 11.3 Å². The standard InChI is InChI=1S/C15H12N4O5/c1-9-6-10(19(22)23)2-4-12(9)13-5-3-11(24-13)7-16-18-8-14(20)17-15(18)21/h2-8,20H,1H3,(H,17,21). The van der Waals surface area contributed by atoms with Crippen LogP contribution >= 0.6 is 0 Å². The van der Waals surface area contributed by atoms with Crippen molar-refractivity contribution in [2.24, 2.45) is 5.10 Å². The first-order chi connectivity index (χ1) is 11.4. The number of nitrogens with one attached hydrogen (secondary N) is 1. The van der Waals surface area contributed by atoms with Gasteiger partial charge in [-0.15, -0.1) is 0 Å². The number of rotatable bonds is 4. The van der Waals surface area contributed by atoms with Crippen molar-refractivity contribution in [3.8, 4) is 17.2 Å². The third-order valence-electron chi connectivity index (χ3n) is 3.31. The number of nitro benzene ring substituents is 1. The number of furan rings is 1. The molecule has 0 aliphatic rings. The second-order valence-electron chi connectivity index (χ2n) is 4.99. The fourth-order valence-corrected chi connectivity index (χ4v) is 2.18. The van der Waals surface area contributed by atoms with Crippen LogP contribution in [-0.2, 0) is 0 Å². The lowest BCUT2D eigenvalue weighted by molar-refractivity contribution is -0.384. The maximum atomic E-state index is 11.4. The predicted molar refractivity (Wildman–Crippen MR) is 85.2 cm³/mol. The Kier molecular flexibility index (Phi) is 3.74. The third-order valence-corrected chi connectivity index (χ3v) is 3.31. The largest absolute Gasteiger partial charge is 0.493 e. The van der Waals surface area contributed by atoms with Gasteiger partial charge < -0.3 is 9.52 Å². The van der Waals surface area contributed by atoms with Crippen molar-refractivity contribution in [2.45, 2.75) is 6.92 Å². The summed E-state index contributed by atoms with van der Waals surface area (Å²) in [7, 11) is 0. The Balaban J connectivity index is 1.87. The van der Waals surface area contributed by atoms with Crippen molar-refractivity contribution in [2.75, 3.05) is 0 Å². The fraction of sp³-hybridized carbons (Fsp3) is 0.0667. The first-order valence-corrected chi connectivity index (χ1v) is 6.84. The van der Waals surface area contributed by atoms with Crippen LogP contribution in [0.2, 0.25) is 0 Å². The van der Waals surface area contributed by atoms with Crippen molar-refractivity contribution in [1.82, 2.24) is 9.66 Å². The first-order valence-electron chi connectivity index (χ1n) is 6.84. The van der Waals surface area contributed by atoms with Crippen molar-refractivity contribution in [1.29, 1.82) is 0 Å². The number of aromatic hydroxyl groups is 1. The molecule has 1 aromatic carbocycles. The minimum Gasteiger partial charge on any atom is -0.493 e. The van der Waals surface area contributed by atoms with Gasteiger partial charge in [0.05, 0.1) is 17.3 Å². The number of nitrogens with zero attached hydrogens (tertiary/aromatic N) is 3. The number of hydrogen-bond donors (Lipinski definition) is 2. The molecule has 9 nitrogen and oxygen atoms in total. The molecular weight excluding hydrogens is 316 g/mol. The van der Waals surface area contributed by atoms with Gasteiger partial charge in [0.25, 0.3) is 5.69 Å². The van der Waals surface area contributed by atoms with E-state index in [9.17, 15) is 14.9 Å². The normalized spacial score (nSPS) is 11.2. The Hall–Kier alpha value is -3.62. The molecule has 0 aliphatic heterocycles. The quantitative estimate of drug-likeness (QED) is 0.431. The molecule has 122 valence electrons. The third kappa shape index (κ3) is 2.95. The summed E-state index contributed by atoms with van der Waals surface area (Å²) in [6, 6.07) is 7.83. The molecular formula is C15H12N4O5. The summed E-state index contributed by atoms with van der Waals surface area (Å²) in [5, 5.41) is 23.8. The second kappa shape index (κ2) is 5.88. The lowest BCUT2D eigenvalue weighted by Gasteiger charge is -2.02. The summed E-state index contributed by atoms with van der Waals surface area (Å²) in [5.41, 5.74) is 0.850. The van der Waals surface area contributed by atoms with Gasteiger partial charge in [0.2, 0.25) is 5.88 Å². The summed E-state index contributed by atoms with van der Waals surface area (Å²) in [6.45, 7) is 1.75. The average molecular weight is 328 g/mol. The van der Waals surface area contributed by atoms with Crippen LogP contribution in [0.25, 0.3) is 11.3 Å². The van der Waals surface area contributed by atoms with Gasteiger partial charge in [-0.3, -0.25) is 15.1 Å². The van der Waals surface area contributed by atoms with Gasteiger partial charge in [-0.1, -0.05) is 0 Å². The molecule has 2 heterocycles. The lowest BCUT2D eigenvalue weighted by atomic mass is 10.1. The molecule has 2 N–H and O–H groups in total. The Labute approximate surface area is 134 Å². The number of aryl methyl sites for hydroxylation is 1. The molecule has 0 aliphatic carbocycles. The van der Waals surface area contributed by atoms with Crippen molar-refractivity contribution < 1.29 is 14.4 Å². The van der Waals surface area contributed by atoms with Gasteiger partial charge in [-0.25, -0.2) is 4.79 Å². The van der Waals surface area contributed by atoms with E-state index in [1.165, 1.54) is 18.3 Å². The van der Waals surface area contributed by atoms with Crippen LogP contribution in [0.15, 0.2) is 50.8 Å². The van der Waals surface area contributed by atoms with Crippen LogP contribution in [0, 0.1) is 17.0 Å². The maximum Gasteiger partial charge on any atom is 0.349 e. The number of benzene rings is 1. The van der Waals surface area contributed by atoms with E-state index in [0.717, 1.165) is 16.4 Å². The highest BCUT2D eigenvalue weighted by Crippen LogP contribution is 2.28. The van der Waals surface area contributed by atoms with E-state index in [0.29, 0.717) is 17.1 Å². The van der Waals surface area contributed by atoms with Gasteiger partial charge in [-0.2, -0.15) is 9.78 Å². The molecule has 24 heavy (non-hydrogen) atoms. The molecule has 3 rings (SSSR count). The topological polar surface area (TPSA) is 127 Å². The van der Waals surface area contributed by atoms with Crippen LogP contribution in [0.5, 0.6) is 5.88 Å². The number of imidazole rings is 1. The molecule has 3 aromatic rings. The van der Waals surface area contributed by atoms with E-state index in [4.69, 9.17) is 9.52 Å². The van der Waals surface area contributed by atoms with E-state index in [-0.39, 0.29) is 11.6 Å². The molecule has 2 aromatic heterocycles. The van der Waals surface area contributed by atoms with Gasteiger partial charge in [0.15, 0.2) is 0 Å². The zero-order valence-corrected chi connectivity index (χ0v) is 12.5. The van der Waals surface area contributed by atoms with Crippen LogP contribution in [0.4, 0.5) is 5.69 Å². The van der Waals surface area contributed by atoms with E-state index >= 15 is 0 Å². The summed E-state index contributed by atoms with van der Waals surface area (Å²) >= 11 is 0. The van der Waals surface area contributed by atoms with Gasteiger partial charge >= 0.3 is 5.69 Å². The molecule has 0 atom stereocenters. The average Bonchev–Trinajstić information content (AvgIpc) is 3.11. The zero-order valence-electron chi connectivity index (χ0n) is 12.5. The number of non-ortho nitro benzene ring substituents is 1. The molecule has 9 heteroatoms. The number of aromatic nitrogens is 2. The summed E-state index contributed by atoms with van der Waals surface area (Å²) in [4.78, 5) is 23.8. The van der Waals surface area contributed by atoms with Crippen molar-refractivity contribution in [3.63, 3.8) is 0 Å². The van der Waals surface area contributed by atoms with Crippen molar-refractivity contribution in [3.05, 3.63) is 68.5 Å². The summed E-state index contributed by atoms with van der Waals surface area (Å²) in [6.07, 6.45) is 2.45. The number of hydrogen-bond acceptors (Lipinski definition) is 6. The monoisotopic (exact) mass is 328 g/mol. The van der Waals surface area contributed by atoms with Crippen LogP contribution in [-0.4, -0.2) is 25.9 Å². The Morgan fingerprint density at radius 2 is 2.17 bits per heavy atom. The minimum absolute atomic E-state index is 0.0104. The first kappa shape index (κ1) is 15.3. The smallest absolute Gasteiger partial charge is 0.349 e. The Morgan fingerprint density at radius 3 is 2.79 bits per heavy atom. The Morgan fingerprint density at radius 1 is 1.38 bits per heavy atom. The van der Waals surface area contributed by atoms with Gasteiger partial charge in [-0.05, 0) is 30.7 Å². The van der Waals surface area contributed by atoms with Crippen molar-refractivity contribution >= 4 is 11.9 Å². The number of nitro groups is 1. The number of aromatic amines is 1. The van der Waals surface area contributed by atoms with E-state index < -0.39 is 10.6 Å². The van der Waals surface area contributed by atoms with Crippen LogP contribution < -0.4 is 5.69 Å². The fourth-order valence-electron chi connectivity index (χ4n) is 2.18. The van der Waals surface area contributed by atoms with Crippen LogP contribution in [0.3, 0.4) is 0 Å². The SMILES string of the molecule is Cc1cc([N+](=O)[O-])ccc1-c1ccc(C=Nn2cc(O)[nH]c2=O)o1. The van der Waals surface area contributed by atoms with E-state index in [1.807, 2.05) is 0 Å². The summed E-state index contributed by atoms with van der Waals surface area (Å²) in [5.74, 6) is 0.613. The molecule has 0 saturated carbocycles. The van der Waals surface area contributed by atoms with Gasteiger partial charge in [0.1, 0.15) is 11.5 Å². The predicted octanol–water partition coefficient (Wildman–Crippen LogP) is 2.24. The van der Waals surface area contributed by atoms with E-state index in [1.54, 1.807) is 25.1 Å². The molecule has 0 saturated heterocycles. The maximum absolute atomic E-state index is 11.4. The number of H-pyrrole nitrogens is 1. The highest BCUT2D eigenvalue weighted by Gasteiger charge is 2.12. The molecule has 0 bridgehead atoms. The molecule has 0 amide bonds. The Bertz CT molecular complexity index is 995. The molecule has 0 spiro atoms. The lowest BCUT2D eigenvalue weighted by Crippen LogP contribution is -2.11. The molecule has 0 radical (unpaired) electrons. The highest BCUT2D eigenvalue weighted by molar-refractivity contribution is 5.77. The highest BCUT2D eigenvalue weighted by atomic mass is 16.6. The van der Waals surface area contributed by atoms with Gasteiger partial charge in [0, 0.05) is 17.7 Å².